The molecule has 0 radical (unpaired) electrons. The number of nitrogens with zero attached hydrogens (tertiary/aromatic N) is 3. The number of hydrogen-bond donors (Lipinski definition) is 1. The third-order valence-corrected chi connectivity index (χ3v) is 4.28. The summed E-state index contributed by atoms with van der Waals surface area (Å²) in [4.78, 5) is 9.35. The quantitative estimate of drug-likeness (QED) is 0.606. The first-order valence-corrected chi connectivity index (χ1v) is 8.36. The third kappa shape index (κ3) is 3.63. The highest BCUT2D eigenvalue weighted by Crippen LogP contribution is 2.35. The number of hydrogen-bond acceptors (Lipinski definition) is 4. The van der Waals surface area contributed by atoms with Gasteiger partial charge in [0, 0.05) is 5.39 Å². The fraction of sp³-hybridized carbons (Fsp3) is 0.176. The molecule has 3 aromatic rings. The van der Waals surface area contributed by atoms with E-state index in [-0.39, 0.29) is 33.7 Å². The predicted octanol–water partition coefficient (Wildman–Crippen LogP) is 4.53. The molecule has 0 atom stereocenters. The fourth-order valence-electron chi connectivity index (χ4n) is 2.57. The summed E-state index contributed by atoms with van der Waals surface area (Å²) in [5, 5.41) is 0.183. The van der Waals surface area contributed by atoms with Crippen molar-refractivity contribution in [2.75, 3.05) is 11.4 Å². The predicted molar refractivity (Wildman–Crippen MR) is 94.5 cm³/mol. The zero-order valence-electron chi connectivity index (χ0n) is 13.3. The molecule has 0 fully saturated rings. The van der Waals surface area contributed by atoms with E-state index in [1.165, 1.54) is 30.3 Å². The van der Waals surface area contributed by atoms with Gasteiger partial charge in [-0.15, -0.1) is 0 Å². The van der Waals surface area contributed by atoms with Crippen LogP contribution in [0.5, 0.6) is 0 Å². The molecule has 1 heterocycles. The average molecular weight is 429 g/mol. The summed E-state index contributed by atoms with van der Waals surface area (Å²) in [6, 6.07) is 8.01. The third-order valence-electron chi connectivity index (χ3n) is 3.66. The van der Waals surface area contributed by atoms with Crippen LogP contribution in [0.2, 0.25) is 0 Å². The van der Waals surface area contributed by atoms with Crippen LogP contribution in [0.1, 0.15) is 5.82 Å². The molecule has 1 aromatic heterocycles. The lowest BCUT2D eigenvalue weighted by Crippen LogP contribution is -2.26. The van der Waals surface area contributed by atoms with Crippen LogP contribution in [0.15, 0.2) is 40.9 Å². The van der Waals surface area contributed by atoms with Gasteiger partial charge in [0.1, 0.15) is 17.5 Å². The van der Waals surface area contributed by atoms with Crippen LogP contribution in [0.3, 0.4) is 0 Å². The summed E-state index contributed by atoms with van der Waals surface area (Å²) in [6.07, 6.45) is -2.78. The molecular weight excluding hydrogens is 416 g/mol. The van der Waals surface area contributed by atoms with Crippen molar-refractivity contribution < 1.29 is 17.6 Å². The van der Waals surface area contributed by atoms with Crippen molar-refractivity contribution in [2.45, 2.75) is 13.0 Å². The average Bonchev–Trinajstić information content (AvgIpc) is 2.61. The van der Waals surface area contributed by atoms with Crippen LogP contribution >= 0.6 is 15.9 Å². The van der Waals surface area contributed by atoms with Crippen LogP contribution in [0, 0.1) is 11.6 Å². The number of nitrogens with two attached hydrogens (primary N) is 1. The minimum absolute atomic E-state index is 0.0350. The number of anilines is 2. The molecule has 0 aliphatic carbocycles. The molecule has 0 spiro atoms. The largest absolute Gasteiger partial charge is 0.324 e. The molecule has 0 amide bonds. The lowest BCUT2D eigenvalue weighted by atomic mass is 10.2. The number of rotatable bonds is 5. The zero-order valence-corrected chi connectivity index (χ0v) is 14.9. The van der Waals surface area contributed by atoms with E-state index in [2.05, 4.69) is 25.9 Å². The molecule has 26 heavy (non-hydrogen) atoms. The van der Waals surface area contributed by atoms with Gasteiger partial charge in [-0.2, -0.15) is 0 Å². The lowest BCUT2D eigenvalue weighted by molar-refractivity contribution is 0.157. The Morgan fingerprint density at radius 3 is 2.58 bits per heavy atom. The molecule has 4 nitrogen and oxygen atoms in total. The van der Waals surface area contributed by atoms with E-state index < -0.39 is 24.6 Å². The molecule has 0 bridgehead atoms. The summed E-state index contributed by atoms with van der Waals surface area (Å²) in [5.41, 5.74) is 5.79. The maximum Gasteiger partial charge on any atom is 0.256 e. The Morgan fingerprint density at radius 1 is 1.12 bits per heavy atom. The van der Waals surface area contributed by atoms with Crippen LogP contribution in [-0.4, -0.2) is 22.9 Å². The molecule has 0 saturated heterocycles. The number of benzene rings is 2. The minimum atomic E-state index is -2.78. The van der Waals surface area contributed by atoms with Crippen LogP contribution in [0.4, 0.5) is 29.1 Å². The smallest absolute Gasteiger partial charge is 0.256 e. The second kappa shape index (κ2) is 7.55. The summed E-state index contributed by atoms with van der Waals surface area (Å²) in [7, 11) is 0. The number of aromatic nitrogens is 2. The van der Waals surface area contributed by atoms with Crippen LogP contribution in [0.25, 0.3) is 10.9 Å². The molecule has 2 aromatic carbocycles. The second-order valence-corrected chi connectivity index (χ2v) is 6.26. The second-order valence-electron chi connectivity index (χ2n) is 5.40. The molecular formula is C17H13BrF4N4. The van der Waals surface area contributed by atoms with E-state index in [0.29, 0.717) is 5.52 Å². The summed E-state index contributed by atoms with van der Waals surface area (Å²) in [5.74, 6) is -1.18. The van der Waals surface area contributed by atoms with Crippen LogP contribution in [-0.2, 0) is 6.54 Å². The SMILES string of the molecule is NCc1nc(N(CC(F)F)c2cccc(Br)c2F)c2cc(F)ccc2n1. The van der Waals surface area contributed by atoms with Gasteiger partial charge in [-0.1, -0.05) is 6.07 Å². The highest BCUT2D eigenvalue weighted by atomic mass is 79.9. The topological polar surface area (TPSA) is 55.0 Å². The summed E-state index contributed by atoms with van der Waals surface area (Å²) < 4.78 is 54.9. The Balaban J connectivity index is 2.30. The molecule has 2 N–H and O–H groups in total. The van der Waals surface area contributed by atoms with Gasteiger partial charge in [0.25, 0.3) is 6.43 Å². The Bertz CT molecular complexity index is 951. The Morgan fingerprint density at radius 2 is 1.88 bits per heavy atom. The summed E-state index contributed by atoms with van der Waals surface area (Å²) >= 11 is 3.04. The van der Waals surface area contributed by atoms with Crippen molar-refractivity contribution in [3.05, 3.63) is 58.3 Å². The van der Waals surface area contributed by atoms with Crippen molar-refractivity contribution in [3.63, 3.8) is 0 Å². The standard InChI is InChI=1S/C17H13BrF4N4/c18-11-2-1-3-13(16(11)22)26(8-14(20)21)17-10-6-9(19)4-5-12(10)24-15(7-23)25-17/h1-6,14H,7-8,23H2. The van der Waals surface area contributed by atoms with Gasteiger partial charge >= 0.3 is 0 Å². The summed E-state index contributed by atoms with van der Waals surface area (Å²) in [6.45, 7) is -0.885. The van der Waals surface area contributed by atoms with Crippen molar-refractivity contribution in [2.24, 2.45) is 5.73 Å². The van der Waals surface area contributed by atoms with Gasteiger partial charge in [0.05, 0.1) is 28.8 Å². The van der Waals surface area contributed by atoms with Gasteiger partial charge in [0.2, 0.25) is 0 Å². The maximum atomic E-state index is 14.6. The van der Waals surface area contributed by atoms with E-state index in [0.717, 1.165) is 11.0 Å². The normalized spacial score (nSPS) is 11.3. The zero-order chi connectivity index (χ0) is 18.8. The monoisotopic (exact) mass is 428 g/mol. The van der Waals surface area contributed by atoms with E-state index in [4.69, 9.17) is 5.73 Å². The van der Waals surface area contributed by atoms with Gasteiger partial charge < -0.3 is 10.6 Å². The first-order chi connectivity index (χ1) is 12.4. The molecule has 0 aliphatic heterocycles. The van der Waals surface area contributed by atoms with E-state index in [1.54, 1.807) is 0 Å². The number of fused-ring (bicyclic) bond motifs is 1. The highest BCUT2D eigenvalue weighted by molar-refractivity contribution is 9.10. The minimum Gasteiger partial charge on any atom is -0.324 e. The molecule has 136 valence electrons. The highest BCUT2D eigenvalue weighted by Gasteiger charge is 2.23. The van der Waals surface area contributed by atoms with Crippen LogP contribution < -0.4 is 10.6 Å². The maximum absolute atomic E-state index is 14.6. The van der Waals surface area contributed by atoms with Gasteiger partial charge in [0.15, 0.2) is 5.82 Å². The lowest BCUT2D eigenvalue weighted by Gasteiger charge is -2.26. The van der Waals surface area contributed by atoms with E-state index in [1.807, 2.05) is 0 Å². The Labute approximate surface area is 154 Å². The van der Waals surface area contributed by atoms with Crippen molar-refractivity contribution in [1.82, 2.24) is 9.97 Å². The van der Waals surface area contributed by atoms with Gasteiger partial charge in [-0.3, -0.25) is 0 Å². The van der Waals surface area contributed by atoms with Gasteiger partial charge in [-0.05, 0) is 46.3 Å². The molecule has 0 aliphatic rings. The molecule has 3 rings (SSSR count). The molecule has 9 heteroatoms. The van der Waals surface area contributed by atoms with Crippen molar-refractivity contribution in [1.29, 1.82) is 0 Å². The number of alkyl halides is 2. The van der Waals surface area contributed by atoms with Crippen molar-refractivity contribution >= 4 is 38.3 Å². The Kier molecular flexibility index (Phi) is 5.38. The van der Waals surface area contributed by atoms with Gasteiger partial charge in [-0.25, -0.2) is 27.5 Å². The van der Waals surface area contributed by atoms with E-state index in [9.17, 15) is 17.6 Å². The first kappa shape index (κ1) is 18.5. The molecule has 0 unspecified atom stereocenters. The number of halogens is 5. The first-order valence-electron chi connectivity index (χ1n) is 7.56. The van der Waals surface area contributed by atoms with Crippen molar-refractivity contribution in [3.8, 4) is 0 Å². The Hall–Kier alpha value is -2.26. The fourth-order valence-corrected chi connectivity index (χ4v) is 2.92. The molecule has 0 saturated carbocycles. The van der Waals surface area contributed by atoms with E-state index >= 15 is 0 Å².